The smallest absolute Gasteiger partial charge is 0.349 e. The van der Waals surface area contributed by atoms with Crippen LogP contribution in [0.25, 0.3) is 11.8 Å². The molecule has 1 aromatic heterocycles. The number of benzene rings is 1. The molecule has 2 rings (SSSR count). The quantitative estimate of drug-likeness (QED) is 0.429. The molecule has 0 fully saturated rings. The molecule has 0 spiro atoms. The minimum Gasteiger partial charge on any atom is -0.497 e. The Hall–Kier alpha value is -3.53. The molecule has 1 heterocycles. The number of carbonyl (C=O) groups excluding carboxylic acids is 2. The van der Waals surface area contributed by atoms with Gasteiger partial charge < -0.3 is 19.4 Å². The average molecular weight is 409 g/mol. The van der Waals surface area contributed by atoms with Crippen LogP contribution in [0, 0.1) is 25.2 Å². The van der Waals surface area contributed by atoms with E-state index in [4.69, 9.17) is 9.47 Å². The number of hydrogen-bond acceptors (Lipinski definition) is 5. The van der Waals surface area contributed by atoms with Gasteiger partial charge in [-0.2, -0.15) is 5.26 Å². The Kier molecular flexibility index (Phi) is 7.43. The second-order valence-electron chi connectivity index (χ2n) is 7.24. The number of hydrogen-bond donors (Lipinski definition) is 1. The second-order valence-corrected chi connectivity index (χ2v) is 7.24. The van der Waals surface area contributed by atoms with Gasteiger partial charge in [0.1, 0.15) is 17.4 Å². The van der Waals surface area contributed by atoms with Gasteiger partial charge in [0.25, 0.3) is 5.91 Å². The van der Waals surface area contributed by atoms with E-state index in [1.165, 1.54) is 13.0 Å². The van der Waals surface area contributed by atoms with Gasteiger partial charge in [0, 0.05) is 23.1 Å². The largest absolute Gasteiger partial charge is 0.497 e. The van der Waals surface area contributed by atoms with Gasteiger partial charge in [-0.3, -0.25) is 4.79 Å². The van der Waals surface area contributed by atoms with Gasteiger partial charge in [-0.05, 0) is 76.6 Å². The van der Waals surface area contributed by atoms with Crippen molar-refractivity contribution >= 4 is 18.0 Å². The zero-order valence-electron chi connectivity index (χ0n) is 18.1. The molecule has 30 heavy (non-hydrogen) atoms. The number of rotatable bonds is 7. The topological polar surface area (TPSA) is 93.3 Å². The highest BCUT2D eigenvalue weighted by Gasteiger charge is 2.21. The number of aromatic nitrogens is 1. The van der Waals surface area contributed by atoms with Crippen molar-refractivity contribution in [1.82, 2.24) is 9.88 Å². The van der Waals surface area contributed by atoms with Gasteiger partial charge in [0.2, 0.25) is 0 Å². The van der Waals surface area contributed by atoms with Crippen LogP contribution in [0.3, 0.4) is 0 Å². The van der Waals surface area contributed by atoms with Crippen LogP contribution in [0.15, 0.2) is 35.9 Å². The number of nitrogens with one attached hydrogen (secondary N) is 1. The minimum absolute atomic E-state index is 0.0759. The zero-order valence-corrected chi connectivity index (χ0v) is 18.1. The van der Waals surface area contributed by atoms with E-state index in [-0.39, 0.29) is 11.6 Å². The first kappa shape index (κ1) is 22.8. The summed E-state index contributed by atoms with van der Waals surface area (Å²) in [5, 5.41) is 12.1. The Morgan fingerprint density at radius 1 is 1.17 bits per heavy atom. The number of amides is 1. The molecule has 0 bridgehead atoms. The summed E-state index contributed by atoms with van der Waals surface area (Å²) in [5.41, 5.74) is 3.29. The maximum atomic E-state index is 12.4. The molecule has 0 aliphatic heterocycles. The van der Waals surface area contributed by atoms with Gasteiger partial charge in [-0.25, -0.2) is 4.79 Å². The average Bonchev–Trinajstić information content (AvgIpc) is 2.98. The fraction of sp³-hybridized carbons (Fsp3) is 0.348. The Morgan fingerprint density at radius 2 is 1.80 bits per heavy atom. The predicted octanol–water partition coefficient (Wildman–Crippen LogP) is 3.47. The summed E-state index contributed by atoms with van der Waals surface area (Å²) in [6, 6.07) is 11.3. The maximum Gasteiger partial charge on any atom is 0.349 e. The van der Waals surface area contributed by atoms with Crippen LogP contribution >= 0.6 is 0 Å². The fourth-order valence-electron chi connectivity index (χ4n) is 3.03. The molecule has 1 N–H and O–H groups in total. The molecule has 2 aromatic rings. The van der Waals surface area contributed by atoms with Crippen molar-refractivity contribution in [2.75, 3.05) is 7.11 Å². The molecule has 0 radical (unpaired) electrons. The van der Waals surface area contributed by atoms with E-state index in [2.05, 4.69) is 5.32 Å². The molecule has 7 heteroatoms. The van der Waals surface area contributed by atoms with Crippen LogP contribution < -0.4 is 10.1 Å². The summed E-state index contributed by atoms with van der Waals surface area (Å²) in [6.07, 6.45) is 0.487. The van der Waals surface area contributed by atoms with Crippen LogP contribution in [0.1, 0.15) is 37.7 Å². The number of esters is 1. The van der Waals surface area contributed by atoms with Crippen molar-refractivity contribution in [1.29, 1.82) is 5.26 Å². The zero-order chi connectivity index (χ0) is 22.4. The molecule has 158 valence electrons. The van der Waals surface area contributed by atoms with Crippen molar-refractivity contribution in [3.63, 3.8) is 0 Å². The number of nitrogens with zero attached hydrogens (tertiary/aromatic N) is 2. The molecule has 1 unspecified atom stereocenters. The van der Waals surface area contributed by atoms with Crippen molar-refractivity contribution in [2.45, 2.75) is 46.8 Å². The predicted molar refractivity (Wildman–Crippen MR) is 114 cm³/mol. The van der Waals surface area contributed by atoms with E-state index < -0.39 is 18.0 Å². The standard InChI is InChI=1S/C23H27N3O4/c1-14(2)25-22(27)17(5)30-23(28)19(13-24)12-18-11-15(3)26(16(18)4)20-7-9-21(29-6)10-8-20/h7-12,14,17H,1-6H3,(H,25,27)/b19-12+. The highest BCUT2D eigenvalue weighted by atomic mass is 16.5. The van der Waals surface area contributed by atoms with Gasteiger partial charge in [0.05, 0.1) is 7.11 Å². The molecule has 0 saturated heterocycles. The normalized spacial score (nSPS) is 12.3. The van der Waals surface area contributed by atoms with E-state index in [1.807, 2.05) is 68.7 Å². The van der Waals surface area contributed by atoms with Crippen LogP contribution in [-0.4, -0.2) is 35.7 Å². The molecule has 0 aliphatic rings. The van der Waals surface area contributed by atoms with Crippen molar-refractivity contribution < 1.29 is 19.1 Å². The third-order valence-electron chi connectivity index (χ3n) is 4.53. The molecule has 7 nitrogen and oxygen atoms in total. The Balaban J connectivity index is 2.28. The third-order valence-corrected chi connectivity index (χ3v) is 4.53. The summed E-state index contributed by atoms with van der Waals surface area (Å²) < 4.78 is 12.4. The highest BCUT2D eigenvalue weighted by molar-refractivity contribution is 5.99. The number of aryl methyl sites for hydroxylation is 1. The first-order valence-corrected chi connectivity index (χ1v) is 9.64. The van der Waals surface area contributed by atoms with Crippen LogP contribution in [0.5, 0.6) is 5.75 Å². The van der Waals surface area contributed by atoms with Crippen LogP contribution in [0.2, 0.25) is 0 Å². The molecular weight excluding hydrogens is 382 g/mol. The summed E-state index contributed by atoms with van der Waals surface area (Å²) in [4.78, 5) is 24.4. The van der Waals surface area contributed by atoms with Crippen molar-refractivity contribution in [3.8, 4) is 17.5 Å². The van der Waals surface area contributed by atoms with E-state index in [1.54, 1.807) is 7.11 Å². The number of ether oxygens (including phenoxy) is 2. The summed E-state index contributed by atoms with van der Waals surface area (Å²) in [5.74, 6) is -0.488. The summed E-state index contributed by atoms with van der Waals surface area (Å²) >= 11 is 0. The van der Waals surface area contributed by atoms with Crippen molar-refractivity contribution in [2.24, 2.45) is 0 Å². The van der Waals surface area contributed by atoms with E-state index in [0.717, 1.165) is 28.4 Å². The molecule has 0 aliphatic carbocycles. The SMILES string of the molecule is COc1ccc(-n2c(C)cc(/C=C(\C#N)C(=O)OC(C)C(=O)NC(C)C)c2C)cc1. The van der Waals surface area contributed by atoms with Crippen LogP contribution in [0.4, 0.5) is 0 Å². The van der Waals surface area contributed by atoms with Crippen LogP contribution in [-0.2, 0) is 14.3 Å². The Bertz CT molecular complexity index is 995. The van der Waals surface area contributed by atoms with Gasteiger partial charge in [-0.15, -0.1) is 0 Å². The highest BCUT2D eigenvalue weighted by Crippen LogP contribution is 2.24. The molecule has 1 amide bonds. The molecule has 1 atom stereocenters. The van der Waals surface area contributed by atoms with Gasteiger partial charge in [-0.1, -0.05) is 0 Å². The Morgan fingerprint density at radius 3 is 2.33 bits per heavy atom. The Labute approximate surface area is 176 Å². The van der Waals surface area contributed by atoms with Gasteiger partial charge >= 0.3 is 5.97 Å². The minimum atomic E-state index is -0.997. The maximum absolute atomic E-state index is 12.4. The molecular formula is C23H27N3O4. The van der Waals surface area contributed by atoms with E-state index in [9.17, 15) is 14.9 Å². The lowest BCUT2D eigenvalue weighted by Gasteiger charge is -2.15. The number of methoxy groups -OCH3 is 1. The lowest BCUT2D eigenvalue weighted by molar-refractivity contribution is -0.150. The first-order chi connectivity index (χ1) is 14.2. The fourth-order valence-corrected chi connectivity index (χ4v) is 3.03. The monoisotopic (exact) mass is 409 g/mol. The summed E-state index contributed by atoms with van der Waals surface area (Å²) in [6.45, 7) is 8.94. The molecule has 0 saturated carbocycles. The summed E-state index contributed by atoms with van der Waals surface area (Å²) in [7, 11) is 1.61. The van der Waals surface area contributed by atoms with Crippen molar-refractivity contribution in [3.05, 3.63) is 52.9 Å². The lowest BCUT2D eigenvalue weighted by Crippen LogP contribution is -2.39. The second kappa shape index (κ2) is 9.79. The van der Waals surface area contributed by atoms with Gasteiger partial charge in [0.15, 0.2) is 6.10 Å². The molecule has 1 aromatic carbocycles. The number of nitriles is 1. The number of carbonyl (C=O) groups is 2. The lowest BCUT2D eigenvalue weighted by atomic mass is 10.1. The first-order valence-electron chi connectivity index (χ1n) is 9.64. The van der Waals surface area contributed by atoms with E-state index in [0.29, 0.717) is 0 Å². The van der Waals surface area contributed by atoms with E-state index >= 15 is 0 Å². The third kappa shape index (κ3) is 5.29.